The molecule has 0 amide bonds. The normalized spacial score (nSPS) is 18.2. The van der Waals surface area contributed by atoms with E-state index in [-0.39, 0.29) is 0 Å². The first-order valence-electron chi connectivity index (χ1n) is 8.29. The summed E-state index contributed by atoms with van der Waals surface area (Å²) in [4.78, 5) is 0. The van der Waals surface area contributed by atoms with E-state index >= 15 is 0 Å². The molecule has 20 heavy (non-hydrogen) atoms. The van der Waals surface area contributed by atoms with Gasteiger partial charge in [-0.1, -0.05) is 13.8 Å². The molecule has 2 unspecified atom stereocenters. The van der Waals surface area contributed by atoms with Gasteiger partial charge in [-0.25, -0.2) is 0 Å². The van der Waals surface area contributed by atoms with Crippen molar-refractivity contribution in [1.29, 1.82) is 0 Å². The Labute approximate surface area is 124 Å². The topological polar surface area (TPSA) is 29.9 Å². The maximum atomic E-state index is 4.82. The molecule has 1 N–H and O–H groups in total. The van der Waals surface area contributed by atoms with Gasteiger partial charge in [-0.2, -0.15) is 5.10 Å². The largest absolute Gasteiger partial charge is 0.316 e. The van der Waals surface area contributed by atoms with Gasteiger partial charge in [-0.15, -0.1) is 0 Å². The zero-order valence-electron chi connectivity index (χ0n) is 13.9. The van der Waals surface area contributed by atoms with Gasteiger partial charge in [0.05, 0.1) is 11.7 Å². The molecule has 2 atom stereocenters. The second kappa shape index (κ2) is 6.75. The molecule has 0 aromatic carbocycles. The lowest BCUT2D eigenvalue weighted by Crippen LogP contribution is -2.23. The Morgan fingerprint density at radius 3 is 2.60 bits per heavy atom. The van der Waals surface area contributed by atoms with E-state index < -0.39 is 0 Å². The van der Waals surface area contributed by atoms with Gasteiger partial charge in [0.25, 0.3) is 0 Å². The van der Waals surface area contributed by atoms with Crippen LogP contribution in [0.3, 0.4) is 0 Å². The average Bonchev–Trinajstić information content (AvgIpc) is 3.21. The summed E-state index contributed by atoms with van der Waals surface area (Å²) in [6, 6.07) is 0.580. The molecular formula is C17H31N3. The third kappa shape index (κ3) is 3.63. The molecule has 1 fully saturated rings. The third-order valence-electron chi connectivity index (χ3n) is 4.64. The first-order valence-corrected chi connectivity index (χ1v) is 8.29. The van der Waals surface area contributed by atoms with E-state index in [4.69, 9.17) is 5.10 Å². The predicted octanol–water partition coefficient (Wildman–Crippen LogP) is 3.65. The van der Waals surface area contributed by atoms with Crippen LogP contribution in [0.4, 0.5) is 0 Å². The van der Waals surface area contributed by atoms with Crippen LogP contribution in [0.25, 0.3) is 0 Å². The highest BCUT2D eigenvalue weighted by Crippen LogP contribution is 2.40. The zero-order chi connectivity index (χ0) is 14.7. The molecule has 0 bridgehead atoms. The highest BCUT2D eigenvalue weighted by molar-refractivity contribution is 5.25. The summed E-state index contributed by atoms with van der Waals surface area (Å²) < 4.78 is 2.29. The predicted molar refractivity (Wildman–Crippen MR) is 85.2 cm³/mol. The van der Waals surface area contributed by atoms with Crippen molar-refractivity contribution in [3.05, 3.63) is 17.0 Å². The fourth-order valence-corrected chi connectivity index (χ4v) is 3.11. The molecule has 114 valence electrons. The Morgan fingerprint density at radius 1 is 1.30 bits per heavy atom. The molecule has 1 aliphatic rings. The summed E-state index contributed by atoms with van der Waals surface area (Å²) in [6.45, 7) is 13.5. The number of aromatic nitrogens is 2. The van der Waals surface area contributed by atoms with Crippen molar-refractivity contribution >= 4 is 0 Å². The Bertz CT molecular complexity index is 432. The van der Waals surface area contributed by atoms with E-state index in [0.717, 1.165) is 25.4 Å². The van der Waals surface area contributed by atoms with Crippen molar-refractivity contribution in [3.8, 4) is 0 Å². The summed E-state index contributed by atoms with van der Waals surface area (Å²) in [5.41, 5.74) is 4.10. The van der Waals surface area contributed by atoms with E-state index in [0.29, 0.717) is 12.0 Å². The molecule has 1 aromatic rings. The van der Waals surface area contributed by atoms with Gasteiger partial charge < -0.3 is 5.32 Å². The Hall–Kier alpha value is -0.830. The van der Waals surface area contributed by atoms with Gasteiger partial charge in [-0.3, -0.25) is 4.68 Å². The van der Waals surface area contributed by atoms with Crippen molar-refractivity contribution in [2.24, 2.45) is 11.8 Å². The third-order valence-corrected chi connectivity index (χ3v) is 4.64. The second-order valence-electron chi connectivity index (χ2n) is 6.69. The highest BCUT2D eigenvalue weighted by atomic mass is 15.3. The monoisotopic (exact) mass is 277 g/mol. The number of hydrogen-bond acceptors (Lipinski definition) is 2. The minimum atomic E-state index is 0.580. The van der Waals surface area contributed by atoms with Crippen LogP contribution in [-0.2, 0) is 6.42 Å². The summed E-state index contributed by atoms with van der Waals surface area (Å²) in [6.07, 6.45) is 5.12. The second-order valence-corrected chi connectivity index (χ2v) is 6.69. The van der Waals surface area contributed by atoms with Crippen LogP contribution in [0.5, 0.6) is 0 Å². The van der Waals surface area contributed by atoms with Crippen molar-refractivity contribution in [2.45, 2.75) is 66.3 Å². The molecule has 2 rings (SSSR count). The molecule has 0 radical (unpaired) electrons. The van der Waals surface area contributed by atoms with Crippen LogP contribution in [0, 0.1) is 25.7 Å². The minimum absolute atomic E-state index is 0.580. The molecule has 0 spiro atoms. The van der Waals surface area contributed by atoms with Gasteiger partial charge in [0.15, 0.2) is 0 Å². The molecular weight excluding hydrogens is 246 g/mol. The molecule has 1 aliphatic carbocycles. The van der Waals surface area contributed by atoms with Crippen LogP contribution < -0.4 is 5.32 Å². The molecule has 1 aromatic heterocycles. The van der Waals surface area contributed by atoms with Crippen LogP contribution in [0.2, 0.25) is 0 Å². The van der Waals surface area contributed by atoms with E-state index in [1.165, 1.54) is 36.2 Å². The van der Waals surface area contributed by atoms with Gasteiger partial charge in [0.2, 0.25) is 0 Å². The minimum Gasteiger partial charge on any atom is -0.316 e. The van der Waals surface area contributed by atoms with Crippen molar-refractivity contribution in [2.75, 3.05) is 13.1 Å². The lowest BCUT2D eigenvalue weighted by molar-refractivity contribution is 0.428. The van der Waals surface area contributed by atoms with E-state index in [1.54, 1.807) is 0 Å². The maximum Gasteiger partial charge on any atom is 0.0628 e. The standard InChI is InChI=1S/C17H31N3/c1-6-9-18-11-12(2)10-17-13(3)19-20(15(17)5)14(4)16-7-8-16/h12,14,16,18H,6-11H2,1-5H3. The molecule has 3 heteroatoms. The number of rotatable bonds is 8. The summed E-state index contributed by atoms with van der Waals surface area (Å²) in [5.74, 6) is 1.54. The van der Waals surface area contributed by atoms with E-state index in [1.807, 2.05) is 0 Å². The maximum absolute atomic E-state index is 4.82. The first kappa shape index (κ1) is 15.6. The lowest BCUT2D eigenvalue weighted by atomic mass is 9.99. The Morgan fingerprint density at radius 2 is 2.00 bits per heavy atom. The Kier molecular flexibility index (Phi) is 5.25. The fourth-order valence-electron chi connectivity index (χ4n) is 3.11. The number of nitrogens with zero attached hydrogens (tertiary/aromatic N) is 2. The summed E-state index contributed by atoms with van der Waals surface area (Å²) in [5, 5.41) is 8.34. The lowest BCUT2D eigenvalue weighted by Gasteiger charge is -2.15. The Balaban J connectivity index is 2.00. The van der Waals surface area contributed by atoms with Gasteiger partial charge in [-0.05, 0) is 76.9 Å². The molecule has 0 aliphatic heterocycles. The van der Waals surface area contributed by atoms with Gasteiger partial charge >= 0.3 is 0 Å². The highest BCUT2D eigenvalue weighted by Gasteiger charge is 2.31. The van der Waals surface area contributed by atoms with Crippen LogP contribution in [0.1, 0.15) is 63.0 Å². The van der Waals surface area contributed by atoms with Crippen LogP contribution in [-0.4, -0.2) is 22.9 Å². The molecule has 0 saturated heterocycles. The van der Waals surface area contributed by atoms with Crippen molar-refractivity contribution < 1.29 is 0 Å². The zero-order valence-corrected chi connectivity index (χ0v) is 13.9. The van der Waals surface area contributed by atoms with Crippen LogP contribution in [0.15, 0.2) is 0 Å². The van der Waals surface area contributed by atoms with Crippen molar-refractivity contribution in [3.63, 3.8) is 0 Å². The quantitative estimate of drug-likeness (QED) is 0.735. The van der Waals surface area contributed by atoms with Gasteiger partial charge in [0.1, 0.15) is 0 Å². The molecule has 1 saturated carbocycles. The van der Waals surface area contributed by atoms with Crippen LogP contribution >= 0.6 is 0 Å². The average molecular weight is 277 g/mol. The smallest absolute Gasteiger partial charge is 0.0628 e. The van der Waals surface area contributed by atoms with Crippen molar-refractivity contribution in [1.82, 2.24) is 15.1 Å². The molecule has 1 heterocycles. The number of nitrogens with one attached hydrogen (secondary N) is 1. The SMILES string of the molecule is CCCNCC(C)Cc1c(C)nn(C(C)C2CC2)c1C. The number of hydrogen-bond donors (Lipinski definition) is 1. The molecule has 3 nitrogen and oxygen atoms in total. The number of aryl methyl sites for hydroxylation is 1. The van der Waals surface area contributed by atoms with E-state index in [9.17, 15) is 0 Å². The fraction of sp³-hybridized carbons (Fsp3) is 0.824. The van der Waals surface area contributed by atoms with Gasteiger partial charge in [0, 0.05) is 5.69 Å². The summed E-state index contributed by atoms with van der Waals surface area (Å²) in [7, 11) is 0. The van der Waals surface area contributed by atoms with E-state index in [2.05, 4.69) is 44.6 Å². The first-order chi connectivity index (χ1) is 9.54. The summed E-state index contributed by atoms with van der Waals surface area (Å²) >= 11 is 0.